The van der Waals surface area contributed by atoms with Crippen molar-refractivity contribution in [1.29, 1.82) is 0 Å². The summed E-state index contributed by atoms with van der Waals surface area (Å²) in [6, 6.07) is 1.57. The van der Waals surface area contributed by atoms with Crippen LogP contribution in [0.25, 0.3) is 10.9 Å². The quantitative estimate of drug-likeness (QED) is 0.424. The number of hydrogen-bond acceptors (Lipinski definition) is 7. The molecule has 1 aliphatic heterocycles. The lowest BCUT2D eigenvalue weighted by Gasteiger charge is -2.17. The molecule has 0 aliphatic carbocycles. The van der Waals surface area contributed by atoms with Crippen molar-refractivity contribution in [3.63, 3.8) is 0 Å². The molecule has 6 N–H and O–H groups in total. The zero-order valence-corrected chi connectivity index (χ0v) is 10.3. The van der Waals surface area contributed by atoms with Gasteiger partial charge in [-0.2, -0.15) is 5.10 Å². The van der Waals surface area contributed by atoms with Crippen LogP contribution in [0.2, 0.25) is 0 Å². The second-order valence-electron chi connectivity index (χ2n) is 4.65. The highest BCUT2D eigenvalue weighted by molar-refractivity contribution is 5.88. The minimum Gasteiger partial charge on any atom is -0.394 e. The molecule has 1 unspecified atom stereocenters. The number of fused-ring (bicyclic) bond motifs is 1. The number of aliphatic hydroxyl groups excluding tert-OH is 3. The average Bonchev–Trinajstić information content (AvgIpc) is 2.99. The number of nitrogens with two attached hydrogens (primary N) is 1. The molecule has 0 bridgehead atoms. The van der Waals surface area contributed by atoms with Gasteiger partial charge in [0.1, 0.15) is 23.8 Å². The minimum absolute atomic E-state index is 0.144. The summed E-state index contributed by atoms with van der Waals surface area (Å²) in [5.41, 5.74) is 5.36. The predicted octanol–water partition coefficient (Wildman–Crippen LogP) is -2.08. The highest BCUT2D eigenvalue weighted by Crippen LogP contribution is 2.32. The largest absolute Gasteiger partial charge is 0.394 e. The Morgan fingerprint density at radius 3 is 2.85 bits per heavy atom. The molecule has 20 heavy (non-hydrogen) atoms. The standard InChI is InChI=1S/C11H14N4O5/c12-9-4-1-2-15(6(4)10(19)14-13-9)11-8(18)7(17)5(3-16)20-11/h1-2,5,7-8,11,16-18H,3H2,(H2,12,13)(H,14,19)/t5-,7-,8-,11?/m1/s1. The number of anilines is 1. The molecule has 9 heteroatoms. The van der Waals surface area contributed by atoms with E-state index in [2.05, 4.69) is 10.2 Å². The lowest BCUT2D eigenvalue weighted by atomic mass is 10.1. The lowest BCUT2D eigenvalue weighted by Crippen LogP contribution is -2.33. The molecule has 0 amide bonds. The van der Waals surface area contributed by atoms with Crippen LogP contribution in [0.4, 0.5) is 5.82 Å². The molecule has 1 saturated heterocycles. The Morgan fingerprint density at radius 2 is 2.20 bits per heavy atom. The molecule has 3 heterocycles. The first kappa shape index (κ1) is 13.1. The van der Waals surface area contributed by atoms with Gasteiger partial charge in [0.2, 0.25) is 0 Å². The zero-order valence-electron chi connectivity index (χ0n) is 10.3. The summed E-state index contributed by atoms with van der Waals surface area (Å²) >= 11 is 0. The molecule has 0 spiro atoms. The van der Waals surface area contributed by atoms with Crippen LogP contribution in [-0.2, 0) is 4.74 Å². The van der Waals surface area contributed by atoms with E-state index in [4.69, 9.17) is 15.6 Å². The summed E-state index contributed by atoms with van der Waals surface area (Å²) < 4.78 is 6.75. The Bertz CT molecular complexity index is 696. The van der Waals surface area contributed by atoms with E-state index in [0.29, 0.717) is 5.39 Å². The van der Waals surface area contributed by atoms with Crippen LogP contribution in [0, 0.1) is 0 Å². The molecule has 2 aromatic rings. The minimum atomic E-state index is -1.27. The molecule has 4 atom stereocenters. The molecule has 0 radical (unpaired) electrons. The van der Waals surface area contributed by atoms with Crippen molar-refractivity contribution in [3.8, 4) is 0 Å². The van der Waals surface area contributed by atoms with Gasteiger partial charge in [-0.1, -0.05) is 0 Å². The number of hydrogen-bond donors (Lipinski definition) is 5. The SMILES string of the molecule is Nc1n[nH]c(=O)c2c1ccn2C1O[C@H](CO)[C@@H](O)[C@H]1O. The van der Waals surface area contributed by atoms with Crippen molar-refractivity contribution < 1.29 is 20.1 Å². The van der Waals surface area contributed by atoms with Gasteiger partial charge in [0, 0.05) is 11.6 Å². The number of nitrogen functional groups attached to an aromatic ring is 1. The molecule has 9 nitrogen and oxygen atoms in total. The van der Waals surface area contributed by atoms with Crippen molar-refractivity contribution >= 4 is 16.7 Å². The van der Waals surface area contributed by atoms with Crippen molar-refractivity contribution in [2.24, 2.45) is 0 Å². The Labute approximate surface area is 112 Å². The molecule has 2 aromatic heterocycles. The van der Waals surface area contributed by atoms with Gasteiger partial charge in [0.05, 0.1) is 6.61 Å². The van der Waals surface area contributed by atoms with E-state index >= 15 is 0 Å². The first-order valence-corrected chi connectivity index (χ1v) is 6.01. The number of aromatic nitrogens is 3. The monoisotopic (exact) mass is 282 g/mol. The number of rotatable bonds is 2. The summed E-state index contributed by atoms with van der Waals surface area (Å²) in [5.74, 6) is 0.144. The van der Waals surface area contributed by atoms with E-state index in [1.165, 1.54) is 10.8 Å². The molecular formula is C11H14N4O5. The van der Waals surface area contributed by atoms with Crippen molar-refractivity contribution in [2.45, 2.75) is 24.5 Å². The Kier molecular flexibility index (Phi) is 2.98. The van der Waals surface area contributed by atoms with Crippen LogP contribution in [-0.4, -0.2) is 55.0 Å². The molecule has 108 valence electrons. The van der Waals surface area contributed by atoms with Crippen molar-refractivity contribution in [2.75, 3.05) is 12.3 Å². The number of ether oxygens (including phenoxy) is 1. The van der Waals surface area contributed by atoms with Crippen LogP contribution in [0.15, 0.2) is 17.1 Å². The maximum atomic E-state index is 11.9. The maximum Gasteiger partial charge on any atom is 0.288 e. The topological polar surface area (TPSA) is 147 Å². The van der Waals surface area contributed by atoms with Gasteiger partial charge < -0.3 is 30.4 Å². The summed E-state index contributed by atoms with van der Waals surface area (Å²) in [5, 5.41) is 35.1. The van der Waals surface area contributed by atoms with Gasteiger partial charge in [0.15, 0.2) is 12.0 Å². The third kappa shape index (κ3) is 1.72. The molecular weight excluding hydrogens is 268 g/mol. The van der Waals surface area contributed by atoms with Gasteiger partial charge in [0.25, 0.3) is 5.56 Å². The molecule has 1 fully saturated rings. The number of nitrogens with zero attached hydrogens (tertiary/aromatic N) is 2. The highest BCUT2D eigenvalue weighted by Gasteiger charge is 2.43. The lowest BCUT2D eigenvalue weighted by molar-refractivity contribution is -0.0507. The summed E-state index contributed by atoms with van der Waals surface area (Å²) in [6.45, 7) is -0.437. The summed E-state index contributed by atoms with van der Waals surface area (Å²) in [7, 11) is 0. The third-order valence-electron chi connectivity index (χ3n) is 3.48. The van der Waals surface area contributed by atoms with Crippen LogP contribution >= 0.6 is 0 Å². The second kappa shape index (κ2) is 4.56. The first-order chi connectivity index (χ1) is 9.54. The highest BCUT2D eigenvalue weighted by atomic mass is 16.6. The van der Waals surface area contributed by atoms with Crippen LogP contribution in [0.1, 0.15) is 6.23 Å². The number of nitrogens with one attached hydrogen (secondary N) is 1. The predicted molar refractivity (Wildman–Crippen MR) is 67.8 cm³/mol. The van der Waals surface area contributed by atoms with E-state index in [-0.39, 0.29) is 11.3 Å². The molecule has 1 aliphatic rings. The average molecular weight is 282 g/mol. The van der Waals surface area contributed by atoms with E-state index in [9.17, 15) is 15.0 Å². The molecule has 0 saturated carbocycles. The van der Waals surface area contributed by atoms with Crippen LogP contribution < -0.4 is 11.3 Å². The molecule has 0 aromatic carbocycles. The van der Waals surface area contributed by atoms with Gasteiger partial charge in [-0.25, -0.2) is 5.10 Å². The van der Waals surface area contributed by atoms with E-state index in [1.807, 2.05) is 0 Å². The fourth-order valence-corrected chi connectivity index (χ4v) is 2.44. The first-order valence-electron chi connectivity index (χ1n) is 6.01. The maximum absolute atomic E-state index is 11.9. The van der Waals surface area contributed by atoms with Gasteiger partial charge in [-0.3, -0.25) is 4.79 Å². The number of aliphatic hydroxyl groups is 3. The van der Waals surface area contributed by atoms with E-state index < -0.39 is 36.7 Å². The van der Waals surface area contributed by atoms with Gasteiger partial charge >= 0.3 is 0 Å². The normalized spacial score (nSPS) is 30.1. The van der Waals surface area contributed by atoms with E-state index in [0.717, 1.165) is 0 Å². The van der Waals surface area contributed by atoms with Crippen molar-refractivity contribution in [1.82, 2.24) is 14.8 Å². The fourth-order valence-electron chi connectivity index (χ4n) is 2.44. The smallest absolute Gasteiger partial charge is 0.288 e. The Hall–Kier alpha value is -1.94. The molecule has 3 rings (SSSR count). The van der Waals surface area contributed by atoms with Gasteiger partial charge in [-0.15, -0.1) is 0 Å². The van der Waals surface area contributed by atoms with Crippen LogP contribution in [0.3, 0.4) is 0 Å². The summed E-state index contributed by atoms with van der Waals surface area (Å²) in [6.07, 6.45) is -2.89. The second-order valence-corrected chi connectivity index (χ2v) is 4.65. The summed E-state index contributed by atoms with van der Waals surface area (Å²) in [4.78, 5) is 11.9. The number of H-pyrrole nitrogens is 1. The third-order valence-corrected chi connectivity index (χ3v) is 3.48. The zero-order chi connectivity index (χ0) is 14.4. The van der Waals surface area contributed by atoms with Crippen LogP contribution in [0.5, 0.6) is 0 Å². The Morgan fingerprint density at radius 1 is 1.45 bits per heavy atom. The van der Waals surface area contributed by atoms with E-state index in [1.54, 1.807) is 6.07 Å². The van der Waals surface area contributed by atoms with Gasteiger partial charge in [-0.05, 0) is 6.07 Å². The Balaban J connectivity index is 2.12. The number of aromatic amines is 1. The van der Waals surface area contributed by atoms with Crippen molar-refractivity contribution in [3.05, 3.63) is 22.6 Å². The fraction of sp³-hybridized carbons (Fsp3) is 0.455.